The van der Waals surface area contributed by atoms with Gasteiger partial charge < -0.3 is 9.84 Å². The molecule has 0 spiro atoms. The predicted octanol–water partition coefficient (Wildman–Crippen LogP) is 2.63. The van der Waals surface area contributed by atoms with Crippen molar-refractivity contribution in [2.75, 3.05) is 0 Å². The van der Waals surface area contributed by atoms with Crippen LogP contribution in [0.1, 0.15) is 22.4 Å². The summed E-state index contributed by atoms with van der Waals surface area (Å²) in [7, 11) is 1.81. The van der Waals surface area contributed by atoms with E-state index < -0.39 is 0 Å². The first-order valence-electron chi connectivity index (χ1n) is 5.91. The van der Waals surface area contributed by atoms with E-state index in [9.17, 15) is 5.11 Å². The summed E-state index contributed by atoms with van der Waals surface area (Å²) >= 11 is 0. The topological polar surface area (TPSA) is 47.3 Å². The Morgan fingerprint density at radius 3 is 2.56 bits per heavy atom. The molecule has 0 radical (unpaired) electrons. The van der Waals surface area contributed by atoms with Crippen LogP contribution in [-0.2, 0) is 13.7 Å². The summed E-state index contributed by atoms with van der Waals surface area (Å²) in [6, 6.07) is 5.93. The number of aliphatic hydroxyl groups is 1. The van der Waals surface area contributed by atoms with E-state index in [1.807, 2.05) is 39.1 Å². The lowest BCUT2D eigenvalue weighted by atomic mass is 10.1. The van der Waals surface area contributed by atoms with E-state index in [1.165, 1.54) is 11.1 Å². The molecule has 2 rings (SSSR count). The molecule has 0 aliphatic carbocycles. The van der Waals surface area contributed by atoms with Crippen molar-refractivity contribution >= 4 is 0 Å². The fourth-order valence-electron chi connectivity index (χ4n) is 1.88. The molecule has 2 aromatic rings. The fourth-order valence-corrected chi connectivity index (χ4v) is 1.88. The predicted molar refractivity (Wildman–Crippen MR) is 69.9 cm³/mol. The Labute approximate surface area is 107 Å². The van der Waals surface area contributed by atoms with Crippen LogP contribution in [0.15, 0.2) is 18.2 Å². The molecular formula is C14H18N2O2. The lowest BCUT2D eigenvalue weighted by Gasteiger charge is -2.09. The van der Waals surface area contributed by atoms with Crippen molar-refractivity contribution in [2.24, 2.45) is 7.05 Å². The molecule has 0 fully saturated rings. The van der Waals surface area contributed by atoms with Gasteiger partial charge in [-0.2, -0.15) is 5.10 Å². The van der Waals surface area contributed by atoms with E-state index in [4.69, 9.17) is 4.74 Å². The van der Waals surface area contributed by atoms with Gasteiger partial charge in [0.1, 0.15) is 5.75 Å². The monoisotopic (exact) mass is 246 g/mol. The lowest BCUT2D eigenvalue weighted by Crippen LogP contribution is -1.97. The van der Waals surface area contributed by atoms with Gasteiger partial charge in [-0.3, -0.25) is 0 Å². The Morgan fingerprint density at radius 1 is 1.22 bits per heavy atom. The number of aromatic nitrogens is 2. The normalized spacial score (nSPS) is 10.7. The highest BCUT2D eigenvalue weighted by Crippen LogP contribution is 2.28. The molecule has 4 nitrogen and oxygen atoms in total. The summed E-state index contributed by atoms with van der Waals surface area (Å²) < 4.78 is 7.48. The molecule has 0 saturated heterocycles. The quantitative estimate of drug-likeness (QED) is 0.905. The first-order chi connectivity index (χ1) is 8.52. The van der Waals surface area contributed by atoms with Crippen LogP contribution >= 0.6 is 0 Å². The molecule has 4 heteroatoms. The molecule has 1 heterocycles. The first-order valence-corrected chi connectivity index (χ1v) is 5.91. The highest BCUT2D eigenvalue weighted by Gasteiger charge is 2.14. The summed E-state index contributed by atoms with van der Waals surface area (Å²) in [5, 5.41) is 13.6. The first kappa shape index (κ1) is 12.6. The van der Waals surface area contributed by atoms with Crippen molar-refractivity contribution < 1.29 is 9.84 Å². The third kappa shape index (κ3) is 2.24. The van der Waals surface area contributed by atoms with Gasteiger partial charge in [0.15, 0.2) is 0 Å². The molecule has 18 heavy (non-hydrogen) atoms. The molecule has 0 atom stereocenters. The van der Waals surface area contributed by atoms with Crippen molar-refractivity contribution in [1.82, 2.24) is 9.78 Å². The molecule has 0 saturated carbocycles. The third-order valence-electron chi connectivity index (χ3n) is 3.14. The van der Waals surface area contributed by atoms with E-state index in [2.05, 4.69) is 12.0 Å². The largest absolute Gasteiger partial charge is 0.439 e. The number of aliphatic hydroxyl groups excluding tert-OH is 1. The average Bonchev–Trinajstić information content (AvgIpc) is 2.58. The van der Waals surface area contributed by atoms with Gasteiger partial charge in [-0.1, -0.05) is 6.07 Å². The van der Waals surface area contributed by atoms with Gasteiger partial charge in [0.05, 0.1) is 17.9 Å². The van der Waals surface area contributed by atoms with Gasteiger partial charge in [0, 0.05) is 7.05 Å². The highest BCUT2D eigenvalue weighted by atomic mass is 16.5. The van der Waals surface area contributed by atoms with Crippen LogP contribution in [-0.4, -0.2) is 14.9 Å². The molecular weight excluding hydrogens is 228 g/mol. The number of hydrogen-bond acceptors (Lipinski definition) is 3. The fraction of sp³-hybridized carbons (Fsp3) is 0.357. The summed E-state index contributed by atoms with van der Waals surface area (Å²) in [5.74, 6) is 1.36. The van der Waals surface area contributed by atoms with Crippen LogP contribution in [0, 0.1) is 20.8 Å². The molecule has 1 aromatic carbocycles. The SMILES string of the molecule is Cc1ccc(Oc2c(CO)c(C)nn2C)cc1C. The maximum atomic E-state index is 9.36. The molecule has 1 aromatic heterocycles. The van der Waals surface area contributed by atoms with E-state index >= 15 is 0 Å². The van der Waals surface area contributed by atoms with Crippen molar-refractivity contribution in [1.29, 1.82) is 0 Å². The zero-order valence-corrected chi connectivity index (χ0v) is 11.2. The average molecular weight is 246 g/mol. The van der Waals surface area contributed by atoms with Crippen LogP contribution < -0.4 is 4.74 Å². The second-order valence-corrected chi connectivity index (χ2v) is 4.50. The lowest BCUT2D eigenvalue weighted by molar-refractivity contribution is 0.274. The van der Waals surface area contributed by atoms with Gasteiger partial charge >= 0.3 is 0 Å². The summed E-state index contributed by atoms with van der Waals surface area (Å²) in [6.07, 6.45) is 0. The van der Waals surface area contributed by atoms with E-state index in [-0.39, 0.29) is 6.61 Å². The molecule has 0 bridgehead atoms. The molecule has 0 unspecified atom stereocenters. The van der Waals surface area contributed by atoms with Gasteiger partial charge in [-0.25, -0.2) is 4.68 Å². The maximum absolute atomic E-state index is 9.36. The number of benzene rings is 1. The third-order valence-corrected chi connectivity index (χ3v) is 3.14. The summed E-state index contributed by atoms with van der Waals surface area (Å²) in [6.45, 7) is 5.90. The van der Waals surface area contributed by atoms with Gasteiger partial charge in [0.2, 0.25) is 5.88 Å². The number of nitrogens with zero attached hydrogens (tertiary/aromatic N) is 2. The highest BCUT2D eigenvalue weighted by molar-refractivity contribution is 5.38. The zero-order valence-electron chi connectivity index (χ0n) is 11.2. The molecule has 0 amide bonds. The van der Waals surface area contributed by atoms with Crippen LogP contribution in [0.5, 0.6) is 11.6 Å². The Balaban J connectivity index is 2.36. The number of rotatable bonds is 3. The van der Waals surface area contributed by atoms with Crippen LogP contribution in [0.4, 0.5) is 0 Å². The number of ether oxygens (including phenoxy) is 1. The van der Waals surface area contributed by atoms with Gasteiger partial charge in [0.25, 0.3) is 0 Å². The summed E-state index contributed by atoms with van der Waals surface area (Å²) in [5.41, 5.74) is 3.93. The van der Waals surface area contributed by atoms with E-state index in [0.717, 1.165) is 17.0 Å². The smallest absolute Gasteiger partial charge is 0.223 e. The minimum Gasteiger partial charge on any atom is -0.439 e. The van der Waals surface area contributed by atoms with E-state index in [0.29, 0.717) is 5.88 Å². The van der Waals surface area contributed by atoms with Crippen LogP contribution in [0.25, 0.3) is 0 Å². The maximum Gasteiger partial charge on any atom is 0.223 e. The minimum absolute atomic E-state index is 0.0696. The number of hydrogen-bond donors (Lipinski definition) is 1. The van der Waals surface area contributed by atoms with Gasteiger partial charge in [-0.05, 0) is 44.0 Å². The Hall–Kier alpha value is -1.81. The summed E-state index contributed by atoms with van der Waals surface area (Å²) in [4.78, 5) is 0. The van der Waals surface area contributed by atoms with Crippen molar-refractivity contribution in [3.63, 3.8) is 0 Å². The molecule has 0 aliphatic heterocycles. The zero-order chi connectivity index (χ0) is 13.3. The Morgan fingerprint density at radius 2 is 1.94 bits per heavy atom. The van der Waals surface area contributed by atoms with Crippen molar-refractivity contribution in [3.05, 3.63) is 40.6 Å². The second-order valence-electron chi connectivity index (χ2n) is 4.50. The second kappa shape index (κ2) is 4.82. The van der Waals surface area contributed by atoms with Gasteiger partial charge in [-0.15, -0.1) is 0 Å². The molecule has 1 N–H and O–H groups in total. The van der Waals surface area contributed by atoms with E-state index in [1.54, 1.807) is 4.68 Å². The minimum atomic E-state index is -0.0696. The Kier molecular flexibility index (Phi) is 3.39. The molecule has 96 valence electrons. The van der Waals surface area contributed by atoms with Crippen molar-refractivity contribution in [3.8, 4) is 11.6 Å². The number of aryl methyl sites for hydroxylation is 4. The Bertz CT molecular complexity index is 573. The van der Waals surface area contributed by atoms with Crippen molar-refractivity contribution in [2.45, 2.75) is 27.4 Å². The van der Waals surface area contributed by atoms with Crippen LogP contribution in [0.3, 0.4) is 0 Å². The standard InChI is InChI=1S/C14H18N2O2/c1-9-5-6-12(7-10(9)2)18-14-13(8-17)11(3)15-16(14)4/h5-7,17H,8H2,1-4H3. The van der Waals surface area contributed by atoms with Crippen LogP contribution in [0.2, 0.25) is 0 Å². The molecule has 0 aliphatic rings.